The van der Waals surface area contributed by atoms with Crippen LogP contribution in [0.5, 0.6) is 5.75 Å². The first-order chi connectivity index (χ1) is 9.66. The van der Waals surface area contributed by atoms with Crippen LogP contribution in [0.4, 0.5) is 5.82 Å². The number of aryl methyl sites for hydroxylation is 1. The van der Waals surface area contributed by atoms with Crippen LogP contribution >= 0.6 is 0 Å². The van der Waals surface area contributed by atoms with Crippen LogP contribution in [0, 0.1) is 0 Å². The molecule has 20 heavy (non-hydrogen) atoms. The Morgan fingerprint density at radius 3 is 3.05 bits per heavy atom. The smallest absolute Gasteiger partial charge is 0.257 e. The van der Waals surface area contributed by atoms with Crippen molar-refractivity contribution in [2.75, 3.05) is 12.3 Å². The van der Waals surface area contributed by atoms with Crippen LogP contribution in [-0.2, 0) is 7.05 Å². The van der Waals surface area contributed by atoms with Gasteiger partial charge in [-0.2, -0.15) is 5.10 Å². The summed E-state index contributed by atoms with van der Waals surface area (Å²) in [5.41, 5.74) is 7.21. The molecule has 3 N–H and O–H groups in total. The third-order valence-corrected chi connectivity index (χ3v) is 3.49. The third kappa shape index (κ3) is 2.09. The number of carbonyl (C=O) groups excluding carboxylic acids is 1. The second kappa shape index (κ2) is 4.88. The van der Waals surface area contributed by atoms with Crippen LogP contribution < -0.4 is 15.8 Å². The molecule has 1 aromatic carbocycles. The molecule has 0 bridgehead atoms. The summed E-state index contributed by atoms with van der Waals surface area (Å²) >= 11 is 0. The number of fused-ring (bicyclic) bond motifs is 1. The molecule has 3 rings (SSSR count). The number of rotatable bonds is 2. The van der Waals surface area contributed by atoms with Crippen LogP contribution in [-0.4, -0.2) is 22.3 Å². The highest BCUT2D eigenvalue weighted by Gasteiger charge is 2.24. The van der Waals surface area contributed by atoms with Gasteiger partial charge < -0.3 is 15.8 Å². The molecule has 0 saturated heterocycles. The molecule has 2 aromatic rings. The van der Waals surface area contributed by atoms with E-state index in [-0.39, 0.29) is 11.9 Å². The molecular formula is C14H16N4O2. The zero-order chi connectivity index (χ0) is 14.1. The topological polar surface area (TPSA) is 82.2 Å². The average molecular weight is 272 g/mol. The first-order valence-corrected chi connectivity index (χ1v) is 6.47. The van der Waals surface area contributed by atoms with Gasteiger partial charge in [0.2, 0.25) is 0 Å². The van der Waals surface area contributed by atoms with Crippen molar-refractivity contribution in [3.63, 3.8) is 0 Å². The molecule has 1 aliphatic heterocycles. The summed E-state index contributed by atoms with van der Waals surface area (Å²) in [6.45, 7) is 0.588. The number of ether oxygens (including phenoxy) is 1. The Bertz CT molecular complexity index is 650. The predicted molar refractivity (Wildman–Crippen MR) is 74.4 cm³/mol. The van der Waals surface area contributed by atoms with Gasteiger partial charge in [-0.1, -0.05) is 18.2 Å². The molecule has 1 aromatic heterocycles. The van der Waals surface area contributed by atoms with Crippen molar-refractivity contribution < 1.29 is 9.53 Å². The standard InChI is InChI=1S/C14H16N4O2/c1-18-13(15)10(8-16-18)14(19)17-11-6-7-20-12-5-3-2-4-9(11)12/h2-5,8,11H,6-7,15H2,1H3,(H,17,19). The van der Waals surface area contributed by atoms with E-state index in [2.05, 4.69) is 10.4 Å². The Balaban J connectivity index is 1.82. The van der Waals surface area contributed by atoms with E-state index >= 15 is 0 Å². The van der Waals surface area contributed by atoms with E-state index in [0.29, 0.717) is 18.0 Å². The minimum Gasteiger partial charge on any atom is -0.493 e. The van der Waals surface area contributed by atoms with Gasteiger partial charge in [0.25, 0.3) is 5.91 Å². The van der Waals surface area contributed by atoms with Gasteiger partial charge in [-0.25, -0.2) is 0 Å². The van der Waals surface area contributed by atoms with Crippen molar-refractivity contribution in [1.82, 2.24) is 15.1 Å². The van der Waals surface area contributed by atoms with Crippen molar-refractivity contribution in [2.45, 2.75) is 12.5 Å². The van der Waals surface area contributed by atoms with E-state index in [1.807, 2.05) is 24.3 Å². The molecule has 0 spiro atoms. The number of carbonyl (C=O) groups is 1. The van der Waals surface area contributed by atoms with E-state index in [4.69, 9.17) is 10.5 Å². The molecule has 6 nitrogen and oxygen atoms in total. The lowest BCUT2D eigenvalue weighted by Gasteiger charge is -2.26. The second-order valence-corrected chi connectivity index (χ2v) is 4.77. The SMILES string of the molecule is Cn1ncc(C(=O)NC2CCOc3ccccc32)c1N. The Labute approximate surface area is 116 Å². The molecule has 104 valence electrons. The van der Waals surface area contributed by atoms with Crippen LogP contribution in [0.15, 0.2) is 30.5 Å². The fourth-order valence-corrected chi connectivity index (χ4v) is 2.35. The predicted octanol–water partition coefficient (Wildman–Crippen LogP) is 1.26. The lowest BCUT2D eigenvalue weighted by Crippen LogP contribution is -2.32. The molecule has 1 atom stereocenters. The largest absolute Gasteiger partial charge is 0.493 e. The van der Waals surface area contributed by atoms with Crippen LogP contribution in [0.2, 0.25) is 0 Å². The Morgan fingerprint density at radius 1 is 1.50 bits per heavy atom. The minimum atomic E-state index is -0.211. The highest BCUT2D eigenvalue weighted by Crippen LogP contribution is 2.31. The highest BCUT2D eigenvalue weighted by atomic mass is 16.5. The molecule has 0 radical (unpaired) electrons. The minimum absolute atomic E-state index is 0.0629. The molecule has 6 heteroatoms. The summed E-state index contributed by atoms with van der Waals surface area (Å²) in [6, 6.07) is 7.66. The van der Waals surface area contributed by atoms with Gasteiger partial charge >= 0.3 is 0 Å². The van der Waals surface area contributed by atoms with Gasteiger partial charge in [0.15, 0.2) is 0 Å². The van der Waals surface area contributed by atoms with Crippen molar-refractivity contribution in [1.29, 1.82) is 0 Å². The van der Waals surface area contributed by atoms with Crippen molar-refractivity contribution in [3.8, 4) is 5.75 Å². The van der Waals surface area contributed by atoms with Crippen LogP contribution in [0.3, 0.4) is 0 Å². The number of amides is 1. The molecule has 1 amide bonds. The number of nitrogens with two attached hydrogens (primary N) is 1. The summed E-state index contributed by atoms with van der Waals surface area (Å²) in [5.74, 6) is 0.975. The molecule has 1 aliphatic rings. The molecule has 0 saturated carbocycles. The maximum atomic E-state index is 12.3. The summed E-state index contributed by atoms with van der Waals surface area (Å²) in [7, 11) is 1.70. The second-order valence-electron chi connectivity index (χ2n) is 4.77. The van der Waals surface area contributed by atoms with Crippen molar-refractivity contribution in [3.05, 3.63) is 41.6 Å². The van der Waals surface area contributed by atoms with Crippen molar-refractivity contribution in [2.24, 2.45) is 7.05 Å². The molecular weight excluding hydrogens is 256 g/mol. The van der Waals surface area contributed by atoms with E-state index in [0.717, 1.165) is 17.7 Å². The number of para-hydroxylation sites is 1. The van der Waals surface area contributed by atoms with Crippen molar-refractivity contribution >= 4 is 11.7 Å². The number of hydrogen-bond donors (Lipinski definition) is 2. The van der Waals surface area contributed by atoms with Gasteiger partial charge in [0.05, 0.1) is 18.8 Å². The first-order valence-electron chi connectivity index (χ1n) is 6.47. The maximum absolute atomic E-state index is 12.3. The summed E-state index contributed by atoms with van der Waals surface area (Å²) in [6.07, 6.45) is 2.22. The van der Waals surface area contributed by atoms with Crippen LogP contribution in [0.1, 0.15) is 28.4 Å². The quantitative estimate of drug-likeness (QED) is 0.862. The molecule has 1 unspecified atom stereocenters. The fraction of sp³-hybridized carbons (Fsp3) is 0.286. The number of anilines is 1. The van der Waals surface area contributed by atoms with E-state index in [1.54, 1.807) is 7.05 Å². The molecule has 0 fully saturated rings. The first kappa shape index (κ1) is 12.5. The van der Waals surface area contributed by atoms with Gasteiger partial charge in [0, 0.05) is 19.0 Å². The highest BCUT2D eigenvalue weighted by molar-refractivity contribution is 5.98. The van der Waals surface area contributed by atoms with E-state index in [1.165, 1.54) is 10.9 Å². The number of benzene rings is 1. The monoisotopic (exact) mass is 272 g/mol. The number of aromatic nitrogens is 2. The Kier molecular flexibility index (Phi) is 3.06. The van der Waals surface area contributed by atoms with Gasteiger partial charge in [0.1, 0.15) is 17.1 Å². The van der Waals surface area contributed by atoms with Crippen LogP contribution in [0.25, 0.3) is 0 Å². The normalized spacial score (nSPS) is 17.1. The number of nitrogens with one attached hydrogen (secondary N) is 1. The molecule has 2 heterocycles. The van der Waals surface area contributed by atoms with E-state index in [9.17, 15) is 4.79 Å². The number of nitrogens with zero attached hydrogens (tertiary/aromatic N) is 2. The third-order valence-electron chi connectivity index (χ3n) is 3.49. The average Bonchev–Trinajstić information content (AvgIpc) is 2.79. The van der Waals surface area contributed by atoms with E-state index < -0.39 is 0 Å². The Morgan fingerprint density at radius 2 is 2.30 bits per heavy atom. The zero-order valence-corrected chi connectivity index (χ0v) is 11.2. The summed E-state index contributed by atoms with van der Waals surface area (Å²) in [4.78, 5) is 12.3. The molecule has 0 aliphatic carbocycles. The fourth-order valence-electron chi connectivity index (χ4n) is 2.35. The summed E-state index contributed by atoms with van der Waals surface area (Å²) in [5, 5.41) is 6.97. The maximum Gasteiger partial charge on any atom is 0.257 e. The zero-order valence-electron chi connectivity index (χ0n) is 11.2. The lowest BCUT2D eigenvalue weighted by molar-refractivity contribution is 0.0925. The number of nitrogen functional groups attached to an aromatic ring is 1. The lowest BCUT2D eigenvalue weighted by atomic mass is 10.0. The summed E-state index contributed by atoms with van der Waals surface area (Å²) < 4.78 is 7.06. The van der Waals surface area contributed by atoms with Gasteiger partial charge in [-0.05, 0) is 6.07 Å². The van der Waals surface area contributed by atoms with Gasteiger partial charge in [-0.15, -0.1) is 0 Å². The Hall–Kier alpha value is -2.50. The van der Waals surface area contributed by atoms with Gasteiger partial charge in [-0.3, -0.25) is 9.48 Å². The number of hydrogen-bond acceptors (Lipinski definition) is 4.